The van der Waals surface area contributed by atoms with Crippen LogP contribution in [-0.4, -0.2) is 30.4 Å². The van der Waals surface area contributed by atoms with Gasteiger partial charge in [0.1, 0.15) is 18.5 Å². The van der Waals surface area contributed by atoms with E-state index in [2.05, 4.69) is 10.2 Å². The van der Waals surface area contributed by atoms with E-state index in [0.29, 0.717) is 3.57 Å². The van der Waals surface area contributed by atoms with Gasteiger partial charge in [0.25, 0.3) is 0 Å². The van der Waals surface area contributed by atoms with Crippen LogP contribution >= 0.6 is 22.6 Å². The Morgan fingerprint density at radius 3 is 2.58 bits per heavy atom. The largest absolute Gasteiger partial charge is 0.459 e. The highest BCUT2D eigenvalue weighted by molar-refractivity contribution is 14.1. The number of aliphatic hydroxyl groups is 1. The van der Waals surface area contributed by atoms with Gasteiger partial charge in [0.2, 0.25) is 0 Å². The highest BCUT2D eigenvalue weighted by Crippen LogP contribution is 2.29. The van der Waals surface area contributed by atoms with Gasteiger partial charge in [-0.15, -0.1) is 0 Å². The minimum absolute atomic E-state index is 0.152. The predicted molar refractivity (Wildman–Crippen MR) is 95.2 cm³/mol. The summed E-state index contributed by atoms with van der Waals surface area (Å²) in [5.74, 6) is 0.418. The predicted octanol–water partition coefficient (Wildman–Crippen LogP) is 2.86. The Bertz CT molecular complexity index is 807. The van der Waals surface area contributed by atoms with E-state index in [1.54, 1.807) is 6.07 Å². The van der Waals surface area contributed by atoms with Gasteiger partial charge in [0.15, 0.2) is 11.6 Å². The number of aliphatic hydroxyl groups excluding tert-OH is 1. The van der Waals surface area contributed by atoms with E-state index in [1.807, 2.05) is 22.6 Å². The Morgan fingerprint density at radius 2 is 1.92 bits per heavy atom. The van der Waals surface area contributed by atoms with Crippen molar-refractivity contribution in [2.24, 2.45) is 5.90 Å². The summed E-state index contributed by atoms with van der Waals surface area (Å²) >= 11 is 1.89. The smallest absolute Gasteiger partial charge is 0.340 e. The molecule has 0 bridgehead atoms. The van der Waals surface area contributed by atoms with Gasteiger partial charge in [0, 0.05) is 3.57 Å². The monoisotopic (exact) mass is 482 g/mol. The molecule has 2 aromatic rings. The minimum atomic E-state index is -1.37. The zero-order valence-corrected chi connectivity index (χ0v) is 15.3. The second kappa shape index (κ2) is 9.16. The van der Waals surface area contributed by atoms with Gasteiger partial charge < -0.3 is 20.0 Å². The van der Waals surface area contributed by atoms with E-state index in [-0.39, 0.29) is 17.9 Å². The first-order valence-corrected chi connectivity index (χ1v) is 8.28. The van der Waals surface area contributed by atoms with E-state index in [9.17, 15) is 23.1 Å². The van der Waals surface area contributed by atoms with Gasteiger partial charge in [-0.25, -0.2) is 23.9 Å². The van der Waals surface area contributed by atoms with Crippen LogP contribution in [0.2, 0.25) is 0 Å². The topological polar surface area (TPSA) is 93.8 Å². The zero-order valence-electron chi connectivity index (χ0n) is 13.1. The normalized spacial score (nSPS) is 11.9. The van der Waals surface area contributed by atoms with Crippen molar-refractivity contribution in [3.8, 4) is 0 Å². The van der Waals surface area contributed by atoms with Crippen molar-refractivity contribution in [1.29, 1.82) is 0 Å². The molecule has 0 aliphatic rings. The SMILES string of the molecule is NOC[C@@H](O)COC(=O)c1ccc(F)c(F)c1Nc1ccc(I)cc1F. The lowest BCUT2D eigenvalue weighted by Crippen LogP contribution is -2.25. The molecule has 0 spiro atoms. The van der Waals surface area contributed by atoms with Crippen LogP contribution in [0, 0.1) is 21.0 Å². The van der Waals surface area contributed by atoms with Crippen molar-refractivity contribution in [3.63, 3.8) is 0 Å². The molecule has 0 amide bonds. The summed E-state index contributed by atoms with van der Waals surface area (Å²) in [6.45, 7) is -0.767. The van der Waals surface area contributed by atoms with Crippen molar-refractivity contribution in [2.45, 2.75) is 6.10 Å². The zero-order chi connectivity index (χ0) is 19.3. The van der Waals surface area contributed by atoms with E-state index >= 15 is 0 Å². The van der Waals surface area contributed by atoms with E-state index in [4.69, 9.17) is 10.6 Å². The van der Waals surface area contributed by atoms with E-state index in [0.717, 1.165) is 12.1 Å². The van der Waals surface area contributed by atoms with Crippen LogP contribution in [0.25, 0.3) is 0 Å². The molecule has 1 atom stereocenters. The van der Waals surface area contributed by atoms with Gasteiger partial charge in [-0.1, -0.05) is 0 Å². The maximum absolute atomic E-state index is 14.2. The molecule has 10 heteroatoms. The fourth-order valence-corrected chi connectivity index (χ4v) is 2.43. The highest BCUT2D eigenvalue weighted by atomic mass is 127. The quantitative estimate of drug-likeness (QED) is 0.320. The molecule has 0 heterocycles. The molecular formula is C16H14F3IN2O4. The number of carbonyl (C=O) groups is 1. The summed E-state index contributed by atoms with van der Waals surface area (Å²) < 4.78 is 47.2. The molecule has 0 aliphatic heterocycles. The third-order valence-corrected chi connectivity index (χ3v) is 3.87. The second-order valence-corrected chi connectivity index (χ2v) is 6.36. The van der Waals surface area contributed by atoms with Crippen molar-refractivity contribution in [3.05, 3.63) is 56.9 Å². The number of anilines is 2. The number of nitrogens with two attached hydrogens (primary N) is 1. The molecule has 0 unspecified atom stereocenters. The summed E-state index contributed by atoms with van der Waals surface area (Å²) in [4.78, 5) is 16.3. The van der Waals surface area contributed by atoms with Crippen LogP contribution in [0.5, 0.6) is 0 Å². The number of benzene rings is 2. The lowest BCUT2D eigenvalue weighted by atomic mass is 10.1. The van der Waals surface area contributed by atoms with Gasteiger partial charge in [0.05, 0.1) is 23.5 Å². The third kappa shape index (κ3) is 5.06. The number of hydrogen-bond donors (Lipinski definition) is 3. The molecular weight excluding hydrogens is 468 g/mol. The number of esters is 1. The van der Waals surface area contributed by atoms with Crippen LogP contribution in [-0.2, 0) is 9.57 Å². The van der Waals surface area contributed by atoms with Gasteiger partial charge in [-0.3, -0.25) is 0 Å². The standard InChI is InChI=1S/C16H14F3IN2O4/c17-11-3-2-10(16(24)25-6-9(23)7-26-21)15(14(11)19)22-13-4-1-8(20)5-12(13)18/h1-5,9,22-23H,6-7,21H2/t9-/m0/s1. The molecule has 0 fully saturated rings. The fourth-order valence-electron chi connectivity index (χ4n) is 1.98. The summed E-state index contributed by atoms with van der Waals surface area (Å²) in [6, 6.07) is 5.77. The van der Waals surface area contributed by atoms with Crippen LogP contribution < -0.4 is 11.2 Å². The molecule has 2 aromatic carbocycles. The molecule has 0 aliphatic carbocycles. The van der Waals surface area contributed by atoms with E-state index < -0.39 is 41.8 Å². The number of hydrogen-bond acceptors (Lipinski definition) is 6. The molecule has 26 heavy (non-hydrogen) atoms. The molecule has 6 nitrogen and oxygen atoms in total. The highest BCUT2D eigenvalue weighted by Gasteiger charge is 2.22. The van der Waals surface area contributed by atoms with Crippen LogP contribution in [0.1, 0.15) is 10.4 Å². The first-order valence-electron chi connectivity index (χ1n) is 7.20. The van der Waals surface area contributed by atoms with Crippen molar-refractivity contribution >= 4 is 39.9 Å². The van der Waals surface area contributed by atoms with E-state index in [1.165, 1.54) is 12.1 Å². The average molecular weight is 482 g/mol. The van der Waals surface area contributed by atoms with Crippen LogP contribution in [0.4, 0.5) is 24.5 Å². The first kappa shape index (κ1) is 20.4. The van der Waals surface area contributed by atoms with Crippen molar-refractivity contribution in [1.82, 2.24) is 0 Å². The third-order valence-electron chi connectivity index (χ3n) is 3.20. The average Bonchev–Trinajstić information content (AvgIpc) is 2.59. The summed E-state index contributed by atoms with van der Waals surface area (Å²) in [6.07, 6.45) is -1.20. The van der Waals surface area contributed by atoms with Gasteiger partial charge in [-0.2, -0.15) is 0 Å². The number of nitrogens with one attached hydrogen (secondary N) is 1. The van der Waals surface area contributed by atoms with Crippen LogP contribution in [0.3, 0.4) is 0 Å². The Hall–Kier alpha value is -1.89. The second-order valence-electron chi connectivity index (χ2n) is 5.12. The molecule has 2 rings (SSSR count). The number of carbonyl (C=O) groups excluding carboxylic acids is 1. The Morgan fingerprint density at radius 1 is 1.19 bits per heavy atom. The molecule has 0 saturated carbocycles. The Balaban J connectivity index is 2.30. The number of halogens is 4. The summed E-state index contributed by atoms with van der Waals surface area (Å²) in [5, 5.41) is 11.8. The molecule has 4 N–H and O–H groups in total. The maximum Gasteiger partial charge on any atom is 0.340 e. The first-order chi connectivity index (χ1) is 12.3. The fraction of sp³-hybridized carbons (Fsp3) is 0.188. The number of ether oxygens (including phenoxy) is 1. The molecule has 0 radical (unpaired) electrons. The summed E-state index contributed by atoms with van der Waals surface area (Å²) in [5.41, 5.74) is -1.11. The van der Waals surface area contributed by atoms with Gasteiger partial charge >= 0.3 is 5.97 Å². The van der Waals surface area contributed by atoms with Crippen LogP contribution in [0.15, 0.2) is 30.3 Å². The molecule has 0 aromatic heterocycles. The Kier molecular flexibility index (Phi) is 7.20. The summed E-state index contributed by atoms with van der Waals surface area (Å²) in [7, 11) is 0. The van der Waals surface area contributed by atoms with Crippen molar-refractivity contribution in [2.75, 3.05) is 18.5 Å². The van der Waals surface area contributed by atoms with Gasteiger partial charge in [-0.05, 0) is 52.9 Å². The minimum Gasteiger partial charge on any atom is -0.459 e. The number of rotatable bonds is 7. The lowest BCUT2D eigenvalue weighted by Gasteiger charge is -2.15. The lowest BCUT2D eigenvalue weighted by molar-refractivity contribution is -0.0113. The Labute approximate surface area is 160 Å². The molecule has 0 saturated heterocycles. The molecule has 140 valence electrons. The van der Waals surface area contributed by atoms with Crippen molar-refractivity contribution < 1.29 is 32.6 Å². The maximum atomic E-state index is 14.2.